The molecular formula is C27H24N4O2. The number of rotatable bonds is 7. The van der Waals surface area contributed by atoms with E-state index in [0.29, 0.717) is 29.0 Å². The van der Waals surface area contributed by atoms with Gasteiger partial charge in [-0.3, -0.25) is 14.6 Å². The number of carbonyl (C=O) groups excluding carboxylic acids is 2. The van der Waals surface area contributed by atoms with Gasteiger partial charge in [0.05, 0.1) is 11.4 Å². The molecule has 0 unspecified atom stereocenters. The molecule has 4 rings (SSSR count). The third-order valence-corrected chi connectivity index (χ3v) is 5.25. The molecule has 1 aromatic heterocycles. The molecule has 0 saturated carbocycles. The van der Waals surface area contributed by atoms with Crippen molar-refractivity contribution in [1.29, 1.82) is 0 Å². The van der Waals surface area contributed by atoms with Crippen LogP contribution in [0.4, 0.5) is 11.4 Å². The van der Waals surface area contributed by atoms with Crippen molar-refractivity contribution >= 4 is 23.2 Å². The Morgan fingerprint density at radius 3 is 2.21 bits per heavy atom. The molecule has 3 aromatic carbocycles. The van der Waals surface area contributed by atoms with Crippen LogP contribution >= 0.6 is 0 Å². The van der Waals surface area contributed by atoms with Gasteiger partial charge in [-0.25, -0.2) is 0 Å². The first-order valence-corrected chi connectivity index (χ1v) is 10.6. The number of pyridine rings is 1. The van der Waals surface area contributed by atoms with E-state index in [1.165, 1.54) is 0 Å². The Balaban J connectivity index is 1.38. The van der Waals surface area contributed by atoms with Crippen LogP contribution in [0.1, 0.15) is 26.3 Å². The van der Waals surface area contributed by atoms with Crippen molar-refractivity contribution in [2.45, 2.75) is 6.42 Å². The minimum absolute atomic E-state index is 0.175. The normalized spacial score (nSPS) is 10.4. The van der Waals surface area contributed by atoms with E-state index in [1.54, 1.807) is 42.7 Å². The van der Waals surface area contributed by atoms with Gasteiger partial charge in [-0.2, -0.15) is 0 Å². The van der Waals surface area contributed by atoms with E-state index in [9.17, 15) is 9.59 Å². The van der Waals surface area contributed by atoms with Crippen LogP contribution in [0.2, 0.25) is 0 Å². The summed E-state index contributed by atoms with van der Waals surface area (Å²) in [6, 6.07) is 25.7. The van der Waals surface area contributed by atoms with Crippen molar-refractivity contribution in [2.24, 2.45) is 0 Å². The molecular weight excluding hydrogens is 412 g/mol. The summed E-state index contributed by atoms with van der Waals surface area (Å²) in [6.45, 7) is 0.539. The van der Waals surface area contributed by atoms with E-state index in [-0.39, 0.29) is 11.8 Å². The smallest absolute Gasteiger partial charge is 0.255 e. The number of carbonyl (C=O) groups is 2. The minimum Gasteiger partial charge on any atom is -0.397 e. The molecule has 4 N–H and O–H groups in total. The highest BCUT2D eigenvalue weighted by atomic mass is 16.2. The van der Waals surface area contributed by atoms with Crippen LogP contribution in [-0.2, 0) is 6.42 Å². The predicted molar refractivity (Wildman–Crippen MR) is 131 cm³/mol. The zero-order valence-corrected chi connectivity index (χ0v) is 18.0. The van der Waals surface area contributed by atoms with Crippen molar-refractivity contribution in [1.82, 2.24) is 10.3 Å². The second kappa shape index (κ2) is 10.2. The Kier molecular flexibility index (Phi) is 6.75. The van der Waals surface area contributed by atoms with Gasteiger partial charge in [-0.1, -0.05) is 42.5 Å². The van der Waals surface area contributed by atoms with Crippen LogP contribution < -0.4 is 16.4 Å². The van der Waals surface area contributed by atoms with Crippen molar-refractivity contribution in [2.75, 3.05) is 17.6 Å². The molecule has 0 bridgehead atoms. The van der Waals surface area contributed by atoms with Crippen LogP contribution in [0.25, 0.3) is 11.1 Å². The second-order valence-electron chi connectivity index (χ2n) is 7.57. The fourth-order valence-corrected chi connectivity index (χ4v) is 3.41. The maximum absolute atomic E-state index is 12.7. The Bertz CT molecular complexity index is 1240. The molecule has 0 aliphatic rings. The largest absolute Gasteiger partial charge is 0.397 e. The topological polar surface area (TPSA) is 97.1 Å². The zero-order chi connectivity index (χ0) is 23.0. The Morgan fingerprint density at radius 2 is 1.52 bits per heavy atom. The van der Waals surface area contributed by atoms with E-state index < -0.39 is 0 Å². The Labute approximate surface area is 192 Å². The van der Waals surface area contributed by atoms with Crippen LogP contribution in [-0.4, -0.2) is 23.3 Å². The molecule has 1 heterocycles. The summed E-state index contributed by atoms with van der Waals surface area (Å²) in [5, 5.41) is 5.76. The lowest BCUT2D eigenvalue weighted by Gasteiger charge is -2.11. The highest BCUT2D eigenvalue weighted by molar-refractivity contribution is 6.06. The molecule has 0 atom stereocenters. The van der Waals surface area contributed by atoms with Gasteiger partial charge in [0.15, 0.2) is 0 Å². The number of anilines is 2. The van der Waals surface area contributed by atoms with Crippen molar-refractivity contribution in [3.05, 3.63) is 114 Å². The van der Waals surface area contributed by atoms with E-state index in [0.717, 1.165) is 23.1 Å². The summed E-state index contributed by atoms with van der Waals surface area (Å²) in [5.74, 6) is -0.479. The number of nitrogen functional groups attached to an aromatic ring is 1. The number of benzene rings is 3. The second-order valence-corrected chi connectivity index (χ2v) is 7.57. The lowest BCUT2D eigenvalue weighted by Crippen LogP contribution is -2.25. The van der Waals surface area contributed by atoms with Gasteiger partial charge in [0.25, 0.3) is 11.8 Å². The lowest BCUT2D eigenvalue weighted by atomic mass is 10.1. The average Bonchev–Trinajstić information content (AvgIpc) is 2.86. The van der Waals surface area contributed by atoms with Crippen LogP contribution in [0.3, 0.4) is 0 Å². The van der Waals surface area contributed by atoms with E-state index >= 15 is 0 Å². The highest BCUT2D eigenvalue weighted by Crippen LogP contribution is 2.27. The minimum atomic E-state index is -0.305. The zero-order valence-electron chi connectivity index (χ0n) is 18.0. The van der Waals surface area contributed by atoms with Gasteiger partial charge >= 0.3 is 0 Å². The Hall–Kier alpha value is -4.45. The van der Waals surface area contributed by atoms with E-state index in [4.69, 9.17) is 5.73 Å². The van der Waals surface area contributed by atoms with Crippen molar-refractivity contribution in [3.8, 4) is 11.1 Å². The van der Waals surface area contributed by atoms with Gasteiger partial charge in [0, 0.05) is 35.6 Å². The molecule has 2 amide bonds. The molecule has 0 radical (unpaired) electrons. The quantitative estimate of drug-likeness (QED) is 0.370. The monoisotopic (exact) mass is 436 g/mol. The summed E-state index contributed by atoms with van der Waals surface area (Å²) in [6.07, 6.45) is 4.21. The number of hydrogen-bond donors (Lipinski definition) is 3. The molecule has 6 heteroatoms. The molecule has 0 aliphatic carbocycles. The fourth-order valence-electron chi connectivity index (χ4n) is 3.41. The molecule has 0 aliphatic heterocycles. The maximum Gasteiger partial charge on any atom is 0.255 e. The molecule has 33 heavy (non-hydrogen) atoms. The van der Waals surface area contributed by atoms with Gasteiger partial charge < -0.3 is 16.4 Å². The first-order chi connectivity index (χ1) is 16.1. The summed E-state index contributed by atoms with van der Waals surface area (Å²) in [4.78, 5) is 29.3. The third kappa shape index (κ3) is 5.62. The lowest BCUT2D eigenvalue weighted by molar-refractivity contribution is 0.0952. The third-order valence-electron chi connectivity index (χ3n) is 5.25. The maximum atomic E-state index is 12.7. The number of aromatic nitrogens is 1. The summed E-state index contributed by atoms with van der Waals surface area (Å²) >= 11 is 0. The summed E-state index contributed by atoms with van der Waals surface area (Å²) in [5.41, 5.74) is 11.0. The highest BCUT2D eigenvalue weighted by Gasteiger charge is 2.11. The van der Waals surface area contributed by atoms with Crippen molar-refractivity contribution < 1.29 is 9.59 Å². The molecule has 6 nitrogen and oxygen atoms in total. The number of hydrogen-bond acceptors (Lipinski definition) is 4. The number of nitrogens with one attached hydrogen (secondary N) is 2. The van der Waals surface area contributed by atoms with Gasteiger partial charge in [0.1, 0.15) is 0 Å². The standard InChI is InChI=1S/C27H24N4O2/c28-24-13-12-22(23-7-4-15-29-18-23)17-25(24)31-27(33)21-10-8-20(9-11-21)26(32)30-16-14-19-5-2-1-3-6-19/h1-13,15,17-18H,14,16,28H2,(H,30,32)(H,31,33). The first kappa shape index (κ1) is 21.8. The van der Waals surface area contributed by atoms with Crippen LogP contribution in [0, 0.1) is 0 Å². The fraction of sp³-hybridized carbons (Fsp3) is 0.0741. The van der Waals surface area contributed by atoms with Crippen LogP contribution in [0.15, 0.2) is 97.3 Å². The molecule has 0 fully saturated rings. The molecule has 0 spiro atoms. The van der Waals surface area contributed by atoms with Crippen molar-refractivity contribution in [3.63, 3.8) is 0 Å². The van der Waals surface area contributed by atoms with Crippen LogP contribution in [0.5, 0.6) is 0 Å². The molecule has 4 aromatic rings. The summed E-state index contributed by atoms with van der Waals surface area (Å²) < 4.78 is 0. The number of nitrogens with zero attached hydrogens (tertiary/aromatic N) is 1. The number of nitrogens with two attached hydrogens (primary N) is 1. The Morgan fingerprint density at radius 1 is 0.788 bits per heavy atom. The van der Waals surface area contributed by atoms with Gasteiger partial charge in [-0.15, -0.1) is 0 Å². The molecule has 164 valence electrons. The molecule has 0 saturated heterocycles. The number of amides is 2. The first-order valence-electron chi connectivity index (χ1n) is 10.6. The van der Waals surface area contributed by atoms with Gasteiger partial charge in [-0.05, 0) is 60.0 Å². The summed E-state index contributed by atoms with van der Waals surface area (Å²) in [7, 11) is 0. The SMILES string of the molecule is Nc1ccc(-c2cccnc2)cc1NC(=O)c1ccc(C(=O)NCCc2ccccc2)cc1. The average molecular weight is 437 g/mol. The van der Waals surface area contributed by atoms with E-state index in [1.807, 2.05) is 54.6 Å². The van der Waals surface area contributed by atoms with E-state index in [2.05, 4.69) is 15.6 Å². The predicted octanol–water partition coefficient (Wildman–Crippen LogP) is 4.56. The van der Waals surface area contributed by atoms with Gasteiger partial charge in [0.2, 0.25) is 0 Å².